The molecule has 0 unspecified atom stereocenters. The second kappa shape index (κ2) is 13.8. The van der Waals surface area contributed by atoms with Crippen LogP contribution >= 0.6 is 0 Å². The van der Waals surface area contributed by atoms with E-state index in [1.807, 2.05) is 84.9 Å². The Kier molecular flexibility index (Phi) is 7.75. The minimum Gasteiger partial charge on any atom is -0.456 e. The number of nitrogens with zero attached hydrogens (tertiary/aromatic N) is 3. The number of para-hydroxylation sites is 1. The van der Waals surface area contributed by atoms with Gasteiger partial charge in [0.25, 0.3) is 0 Å². The lowest BCUT2D eigenvalue weighted by Gasteiger charge is -2.34. The molecule has 12 aromatic rings. The zero-order valence-electron chi connectivity index (χ0n) is 33.9. The van der Waals surface area contributed by atoms with Gasteiger partial charge in [0, 0.05) is 38.2 Å². The van der Waals surface area contributed by atoms with E-state index in [0.29, 0.717) is 17.5 Å². The van der Waals surface area contributed by atoms with Gasteiger partial charge in [-0.05, 0) is 87.0 Å². The summed E-state index contributed by atoms with van der Waals surface area (Å²) in [5.74, 6) is 1.86. The average molecular weight is 806 g/mol. The fourth-order valence-corrected chi connectivity index (χ4v) is 9.93. The summed E-state index contributed by atoms with van der Waals surface area (Å²) >= 11 is 0. The van der Waals surface area contributed by atoms with Gasteiger partial charge in [0.15, 0.2) is 17.5 Å². The van der Waals surface area contributed by atoms with Crippen LogP contribution in [0.4, 0.5) is 0 Å². The molecule has 1 aliphatic rings. The summed E-state index contributed by atoms with van der Waals surface area (Å²) in [7, 11) is 0. The number of furan rings is 2. The van der Waals surface area contributed by atoms with Gasteiger partial charge in [0.1, 0.15) is 22.3 Å². The van der Waals surface area contributed by atoms with Crippen LogP contribution in [-0.2, 0) is 5.41 Å². The highest BCUT2D eigenvalue weighted by Gasteiger charge is 2.46. The topological polar surface area (TPSA) is 65.0 Å². The predicted molar refractivity (Wildman–Crippen MR) is 253 cm³/mol. The Morgan fingerprint density at radius 1 is 0.286 bits per heavy atom. The normalized spacial score (nSPS) is 12.9. The van der Waals surface area contributed by atoms with Crippen LogP contribution in [0.5, 0.6) is 0 Å². The molecule has 0 saturated heterocycles. The third-order valence-corrected chi connectivity index (χ3v) is 12.8. The zero-order chi connectivity index (χ0) is 41.5. The SMILES string of the molecule is c1ccc(-c2nc(-c3ccccc3)nc(-c3ccc4oc5ccc(-c6ccc(C7(c8ccc9c(c8)oc8ccccc89)c8ccccc8-c8ccccc87)cc6)cc5c4c3)n2)cc1. The van der Waals surface area contributed by atoms with E-state index in [1.165, 1.54) is 33.4 Å². The standard InChI is InChI=1S/C58H35N3O2/c1-3-13-37(14-4-1)55-59-56(38-15-5-2-6-16-38)61-57(60-55)40-26-32-53-48(34-40)47-33-39(25-31-52(47)62-53)36-23-27-41(28-24-36)58(49-20-10-7-17-43(49)44-18-8-11-21-50(44)58)42-29-30-46-45-19-9-12-22-51(45)63-54(46)35-42/h1-35H. The summed E-state index contributed by atoms with van der Waals surface area (Å²) in [6, 6.07) is 74.7. The molecule has 0 saturated carbocycles. The van der Waals surface area contributed by atoms with Crippen LogP contribution in [-0.4, -0.2) is 15.0 Å². The van der Waals surface area contributed by atoms with Crippen LogP contribution in [0, 0.1) is 0 Å². The Morgan fingerprint density at radius 3 is 1.40 bits per heavy atom. The summed E-state index contributed by atoms with van der Waals surface area (Å²) in [4.78, 5) is 14.9. The summed E-state index contributed by atoms with van der Waals surface area (Å²) in [6.45, 7) is 0. The van der Waals surface area contributed by atoms with Crippen molar-refractivity contribution in [1.29, 1.82) is 0 Å². The summed E-state index contributed by atoms with van der Waals surface area (Å²) in [6.07, 6.45) is 0. The Balaban J connectivity index is 0.933. The molecule has 294 valence electrons. The average Bonchev–Trinajstić information content (AvgIpc) is 4.02. The first-order valence-electron chi connectivity index (χ1n) is 21.2. The Bertz CT molecular complexity index is 3630. The van der Waals surface area contributed by atoms with Gasteiger partial charge in [0.2, 0.25) is 0 Å². The molecule has 0 N–H and O–H groups in total. The molecule has 0 atom stereocenters. The number of hydrogen-bond donors (Lipinski definition) is 0. The number of hydrogen-bond acceptors (Lipinski definition) is 5. The lowest BCUT2D eigenvalue weighted by Crippen LogP contribution is -2.28. The van der Waals surface area contributed by atoms with Crippen molar-refractivity contribution in [2.45, 2.75) is 5.41 Å². The van der Waals surface area contributed by atoms with Gasteiger partial charge in [-0.15, -0.1) is 0 Å². The molecule has 3 aromatic heterocycles. The first-order valence-corrected chi connectivity index (χ1v) is 21.2. The van der Waals surface area contributed by atoms with Crippen molar-refractivity contribution in [3.8, 4) is 56.4 Å². The Morgan fingerprint density at radius 2 is 0.746 bits per heavy atom. The number of fused-ring (bicyclic) bond motifs is 9. The van der Waals surface area contributed by atoms with E-state index < -0.39 is 5.41 Å². The van der Waals surface area contributed by atoms with E-state index in [0.717, 1.165) is 71.7 Å². The molecule has 3 heterocycles. The monoisotopic (exact) mass is 805 g/mol. The number of benzene rings is 9. The summed E-state index contributed by atoms with van der Waals surface area (Å²) in [5.41, 5.74) is 15.2. The maximum atomic E-state index is 6.51. The molecule has 63 heavy (non-hydrogen) atoms. The fourth-order valence-electron chi connectivity index (χ4n) is 9.93. The van der Waals surface area contributed by atoms with Crippen LogP contribution in [0.3, 0.4) is 0 Å². The van der Waals surface area contributed by atoms with Gasteiger partial charge >= 0.3 is 0 Å². The lowest BCUT2D eigenvalue weighted by atomic mass is 9.67. The van der Waals surface area contributed by atoms with Crippen molar-refractivity contribution in [1.82, 2.24) is 15.0 Å². The highest BCUT2D eigenvalue weighted by molar-refractivity contribution is 6.08. The van der Waals surface area contributed by atoms with Crippen molar-refractivity contribution in [2.24, 2.45) is 0 Å². The minimum absolute atomic E-state index is 0.560. The summed E-state index contributed by atoms with van der Waals surface area (Å²) < 4.78 is 12.9. The maximum absolute atomic E-state index is 6.51. The first kappa shape index (κ1) is 35.4. The molecule has 0 fully saturated rings. The van der Waals surface area contributed by atoms with E-state index in [1.54, 1.807) is 0 Å². The first-order chi connectivity index (χ1) is 31.2. The highest BCUT2D eigenvalue weighted by atomic mass is 16.3. The zero-order valence-corrected chi connectivity index (χ0v) is 33.9. The Hall–Kier alpha value is -8.41. The molecule has 9 aromatic carbocycles. The maximum Gasteiger partial charge on any atom is 0.164 e. The van der Waals surface area contributed by atoms with Crippen molar-refractivity contribution < 1.29 is 8.83 Å². The minimum atomic E-state index is -0.560. The van der Waals surface area contributed by atoms with E-state index in [-0.39, 0.29) is 0 Å². The van der Waals surface area contributed by atoms with Crippen molar-refractivity contribution in [2.75, 3.05) is 0 Å². The van der Waals surface area contributed by atoms with E-state index in [4.69, 9.17) is 23.8 Å². The second-order valence-corrected chi connectivity index (χ2v) is 16.3. The van der Waals surface area contributed by atoms with Gasteiger partial charge < -0.3 is 8.83 Å². The lowest BCUT2D eigenvalue weighted by molar-refractivity contribution is 0.665. The molecule has 5 nitrogen and oxygen atoms in total. The molecule has 0 aliphatic heterocycles. The largest absolute Gasteiger partial charge is 0.456 e. The number of aromatic nitrogens is 3. The highest BCUT2D eigenvalue weighted by Crippen LogP contribution is 2.56. The molecule has 0 amide bonds. The van der Waals surface area contributed by atoms with Crippen molar-refractivity contribution in [3.63, 3.8) is 0 Å². The van der Waals surface area contributed by atoms with E-state index in [9.17, 15) is 0 Å². The molecule has 0 radical (unpaired) electrons. The van der Waals surface area contributed by atoms with Crippen LogP contribution in [0.15, 0.2) is 221 Å². The molecule has 1 aliphatic carbocycles. The molecular formula is C58H35N3O2. The van der Waals surface area contributed by atoms with Gasteiger partial charge in [-0.25, -0.2) is 15.0 Å². The van der Waals surface area contributed by atoms with Crippen molar-refractivity contribution >= 4 is 43.9 Å². The van der Waals surface area contributed by atoms with Gasteiger partial charge in [0.05, 0.1) is 5.41 Å². The quantitative estimate of drug-likeness (QED) is 0.167. The molecule has 0 spiro atoms. The molecular weight excluding hydrogens is 771 g/mol. The molecule has 0 bridgehead atoms. The Labute approximate surface area is 362 Å². The molecule has 13 rings (SSSR count). The third kappa shape index (κ3) is 5.46. The fraction of sp³-hybridized carbons (Fsp3) is 0.0172. The number of rotatable bonds is 6. The summed E-state index contributed by atoms with van der Waals surface area (Å²) in [5, 5.41) is 4.28. The smallest absolute Gasteiger partial charge is 0.164 e. The predicted octanol–water partition coefficient (Wildman–Crippen LogP) is 14.7. The van der Waals surface area contributed by atoms with Crippen LogP contribution in [0.2, 0.25) is 0 Å². The van der Waals surface area contributed by atoms with Gasteiger partial charge in [-0.2, -0.15) is 0 Å². The second-order valence-electron chi connectivity index (χ2n) is 16.3. The molecule has 5 heteroatoms. The van der Waals surface area contributed by atoms with Gasteiger partial charge in [-0.3, -0.25) is 0 Å². The third-order valence-electron chi connectivity index (χ3n) is 12.8. The van der Waals surface area contributed by atoms with Crippen molar-refractivity contribution in [3.05, 3.63) is 235 Å². The van der Waals surface area contributed by atoms with Gasteiger partial charge in [-0.1, -0.05) is 170 Å². The van der Waals surface area contributed by atoms with Crippen LogP contribution in [0.25, 0.3) is 100 Å². The van der Waals surface area contributed by atoms with Crippen LogP contribution < -0.4 is 0 Å². The van der Waals surface area contributed by atoms with E-state index in [2.05, 4.69) is 127 Å². The van der Waals surface area contributed by atoms with E-state index >= 15 is 0 Å². The van der Waals surface area contributed by atoms with Crippen LogP contribution in [0.1, 0.15) is 22.3 Å².